The number of thiophene rings is 2. The number of amides is 1. The number of hydrogen-bond acceptors (Lipinski definition) is 7. The molecule has 1 amide bonds. The Bertz CT molecular complexity index is 1370. The summed E-state index contributed by atoms with van der Waals surface area (Å²) in [5.74, 6) is -0.882. The Morgan fingerprint density at radius 3 is 2.41 bits per heavy atom. The molecule has 0 radical (unpaired) electrons. The number of nitrogens with one attached hydrogen (secondary N) is 1. The van der Waals surface area contributed by atoms with Crippen LogP contribution in [0.5, 0.6) is 0 Å². The first-order chi connectivity index (χ1) is 15.2. The lowest BCUT2D eigenvalue weighted by molar-refractivity contribution is 0.0603. The SMILES string of the molecule is COC(=O)c1c(-c2ccc(C)cc2)csc1NC(=O)c1sc2nc(C)c(C)c(C)c2c1N. The zero-order chi connectivity index (χ0) is 23.2. The van der Waals surface area contributed by atoms with Crippen molar-refractivity contribution < 1.29 is 14.3 Å². The first-order valence-corrected chi connectivity index (χ1v) is 11.7. The number of nitrogen functional groups attached to an aromatic ring is 1. The summed E-state index contributed by atoms with van der Waals surface area (Å²) < 4.78 is 5.01. The van der Waals surface area contributed by atoms with Gasteiger partial charge in [-0.05, 0) is 44.4 Å². The van der Waals surface area contributed by atoms with Gasteiger partial charge in [-0.3, -0.25) is 4.79 Å². The Labute approximate surface area is 194 Å². The van der Waals surface area contributed by atoms with Crippen LogP contribution >= 0.6 is 22.7 Å². The lowest BCUT2D eigenvalue weighted by Gasteiger charge is -2.08. The van der Waals surface area contributed by atoms with Gasteiger partial charge in [0.15, 0.2) is 0 Å². The number of aromatic nitrogens is 1. The molecule has 0 atom stereocenters. The molecule has 0 aliphatic carbocycles. The molecule has 4 aromatic rings. The first-order valence-electron chi connectivity index (χ1n) is 9.96. The van der Waals surface area contributed by atoms with Crippen molar-refractivity contribution in [3.05, 3.63) is 62.5 Å². The number of nitrogens with zero attached hydrogens (tertiary/aromatic N) is 1. The van der Waals surface area contributed by atoms with Crippen molar-refractivity contribution in [2.75, 3.05) is 18.2 Å². The quantitative estimate of drug-likeness (QED) is 0.367. The maximum absolute atomic E-state index is 13.2. The number of ether oxygens (including phenoxy) is 1. The number of rotatable bonds is 4. The average Bonchev–Trinajstić information content (AvgIpc) is 3.33. The second kappa shape index (κ2) is 8.37. The van der Waals surface area contributed by atoms with E-state index in [0.717, 1.165) is 38.2 Å². The van der Waals surface area contributed by atoms with Gasteiger partial charge in [-0.25, -0.2) is 9.78 Å². The smallest absolute Gasteiger partial charge is 0.341 e. The number of aryl methyl sites for hydroxylation is 3. The summed E-state index contributed by atoms with van der Waals surface area (Å²) in [7, 11) is 1.33. The number of fused-ring (bicyclic) bond motifs is 1. The maximum Gasteiger partial charge on any atom is 0.341 e. The zero-order valence-electron chi connectivity index (χ0n) is 18.5. The van der Waals surface area contributed by atoms with Crippen LogP contribution in [0.15, 0.2) is 29.6 Å². The highest BCUT2D eigenvalue weighted by Gasteiger charge is 2.25. The molecular formula is C24H23N3O3S2. The summed E-state index contributed by atoms with van der Waals surface area (Å²) in [6, 6.07) is 7.84. The molecule has 3 N–H and O–H groups in total. The Morgan fingerprint density at radius 1 is 1.06 bits per heavy atom. The van der Waals surface area contributed by atoms with Crippen molar-refractivity contribution in [1.82, 2.24) is 4.98 Å². The highest BCUT2D eigenvalue weighted by atomic mass is 32.1. The number of benzene rings is 1. The third-order valence-electron chi connectivity index (χ3n) is 5.65. The lowest BCUT2D eigenvalue weighted by Crippen LogP contribution is -2.14. The van der Waals surface area contributed by atoms with Crippen LogP contribution in [0, 0.1) is 27.7 Å². The maximum atomic E-state index is 13.2. The van der Waals surface area contributed by atoms with Gasteiger partial charge in [-0.15, -0.1) is 22.7 Å². The Kier molecular flexibility index (Phi) is 5.75. The van der Waals surface area contributed by atoms with Crippen LogP contribution in [-0.4, -0.2) is 24.0 Å². The standard InChI is InChI=1S/C24H23N3O3S2/c1-11-6-8-15(9-7-11)16-10-31-22(18(16)24(29)30-5)27-21(28)20-19(25)17-13(3)12(2)14(4)26-23(17)32-20/h6-10H,25H2,1-5H3,(H,27,28). The van der Waals surface area contributed by atoms with Crippen molar-refractivity contribution in [2.45, 2.75) is 27.7 Å². The predicted molar refractivity (Wildman–Crippen MR) is 132 cm³/mol. The number of hydrogen-bond donors (Lipinski definition) is 2. The van der Waals surface area contributed by atoms with Crippen LogP contribution in [0.4, 0.5) is 10.7 Å². The minimum absolute atomic E-state index is 0.329. The van der Waals surface area contributed by atoms with Gasteiger partial charge in [0.1, 0.15) is 20.3 Å². The summed E-state index contributed by atoms with van der Waals surface area (Å²) in [6.07, 6.45) is 0. The molecule has 0 fully saturated rings. The second-order valence-electron chi connectivity index (χ2n) is 7.64. The van der Waals surface area contributed by atoms with Crippen molar-refractivity contribution in [1.29, 1.82) is 0 Å². The molecule has 4 rings (SSSR count). The van der Waals surface area contributed by atoms with Gasteiger partial charge >= 0.3 is 5.97 Å². The van der Waals surface area contributed by atoms with Gasteiger partial charge in [0.25, 0.3) is 5.91 Å². The largest absolute Gasteiger partial charge is 0.465 e. The summed E-state index contributed by atoms with van der Waals surface area (Å²) in [5.41, 5.74) is 12.8. The number of anilines is 2. The third kappa shape index (κ3) is 3.65. The summed E-state index contributed by atoms with van der Waals surface area (Å²) in [5, 5.41) is 5.95. The fourth-order valence-corrected chi connectivity index (χ4v) is 5.65. The van der Waals surface area contributed by atoms with Crippen molar-refractivity contribution >= 4 is 55.5 Å². The van der Waals surface area contributed by atoms with E-state index in [1.54, 1.807) is 0 Å². The molecule has 0 bridgehead atoms. The van der Waals surface area contributed by atoms with E-state index in [1.807, 2.05) is 57.3 Å². The fraction of sp³-hybridized carbons (Fsp3) is 0.208. The molecule has 8 heteroatoms. The minimum atomic E-state index is -0.509. The predicted octanol–water partition coefficient (Wildman–Crippen LogP) is 5.88. The number of pyridine rings is 1. The highest BCUT2D eigenvalue weighted by molar-refractivity contribution is 7.21. The Morgan fingerprint density at radius 2 is 1.75 bits per heavy atom. The molecule has 3 aromatic heterocycles. The molecule has 0 spiro atoms. The molecule has 0 saturated carbocycles. The highest BCUT2D eigenvalue weighted by Crippen LogP contribution is 2.39. The molecule has 32 heavy (non-hydrogen) atoms. The van der Waals surface area contributed by atoms with E-state index in [0.29, 0.717) is 26.7 Å². The topological polar surface area (TPSA) is 94.3 Å². The molecular weight excluding hydrogens is 442 g/mol. The third-order valence-corrected chi connectivity index (χ3v) is 7.65. The van der Waals surface area contributed by atoms with Gasteiger partial charge in [-0.1, -0.05) is 29.8 Å². The van der Waals surface area contributed by atoms with Crippen molar-refractivity contribution in [2.24, 2.45) is 0 Å². The monoisotopic (exact) mass is 465 g/mol. The van der Waals surface area contributed by atoms with Crippen LogP contribution in [-0.2, 0) is 4.74 Å². The fourth-order valence-electron chi connectivity index (χ4n) is 3.60. The number of nitrogens with two attached hydrogens (primary N) is 1. The normalized spacial score (nSPS) is 11.0. The molecule has 6 nitrogen and oxygen atoms in total. The van der Waals surface area contributed by atoms with Gasteiger partial charge in [0.2, 0.25) is 0 Å². The average molecular weight is 466 g/mol. The minimum Gasteiger partial charge on any atom is -0.465 e. The summed E-state index contributed by atoms with van der Waals surface area (Å²) in [4.78, 5) is 31.5. The number of carbonyl (C=O) groups is 2. The van der Waals surface area contributed by atoms with Gasteiger partial charge < -0.3 is 15.8 Å². The summed E-state index contributed by atoms with van der Waals surface area (Å²) >= 11 is 2.53. The Hall–Kier alpha value is -3.23. The van der Waals surface area contributed by atoms with Gasteiger partial charge in [-0.2, -0.15) is 0 Å². The van der Waals surface area contributed by atoms with Crippen molar-refractivity contribution in [3.8, 4) is 11.1 Å². The van der Waals surface area contributed by atoms with Crippen LogP contribution in [0.3, 0.4) is 0 Å². The van der Waals surface area contributed by atoms with Gasteiger partial charge in [0.05, 0.1) is 12.8 Å². The molecule has 0 unspecified atom stereocenters. The van der Waals surface area contributed by atoms with E-state index in [2.05, 4.69) is 10.3 Å². The van der Waals surface area contributed by atoms with E-state index in [4.69, 9.17) is 10.5 Å². The van der Waals surface area contributed by atoms with Crippen LogP contribution in [0.25, 0.3) is 21.3 Å². The van der Waals surface area contributed by atoms with E-state index < -0.39 is 5.97 Å². The zero-order valence-corrected chi connectivity index (χ0v) is 20.1. The Balaban J connectivity index is 1.75. The van der Waals surface area contributed by atoms with E-state index in [9.17, 15) is 9.59 Å². The van der Waals surface area contributed by atoms with Crippen LogP contribution in [0.1, 0.15) is 42.4 Å². The number of esters is 1. The van der Waals surface area contributed by atoms with E-state index in [-0.39, 0.29) is 5.91 Å². The first kappa shape index (κ1) is 22.0. The van der Waals surface area contributed by atoms with Crippen LogP contribution in [0.2, 0.25) is 0 Å². The molecule has 0 saturated heterocycles. The van der Waals surface area contributed by atoms with Gasteiger partial charge in [0, 0.05) is 22.0 Å². The van der Waals surface area contributed by atoms with Crippen LogP contribution < -0.4 is 11.1 Å². The molecule has 164 valence electrons. The van der Waals surface area contributed by atoms with Crippen molar-refractivity contribution in [3.63, 3.8) is 0 Å². The lowest BCUT2D eigenvalue weighted by atomic mass is 10.0. The number of methoxy groups -OCH3 is 1. The van der Waals surface area contributed by atoms with E-state index in [1.165, 1.54) is 29.8 Å². The molecule has 0 aliphatic heterocycles. The van der Waals surface area contributed by atoms with E-state index >= 15 is 0 Å². The molecule has 3 heterocycles. The second-order valence-corrected chi connectivity index (χ2v) is 9.52. The molecule has 0 aliphatic rings. The summed E-state index contributed by atoms with van der Waals surface area (Å²) in [6.45, 7) is 7.92. The number of carbonyl (C=O) groups excluding carboxylic acids is 2. The molecule has 1 aromatic carbocycles.